The van der Waals surface area contributed by atoms with E-state index in [2.05, 4.69) is 20.2 Å². The molecule has 1 unspecified atom stereocenters. The molecular weight excluding hydrogens is 364 g/mol. The smallest absolute Gasteiger partial charge is 0.134 e. The normalized spacial score (nSPS) is 16.4. The molecule has 2 N–H and O–H groups in total. The van der Waals surface area contributed by atoms with Gasteiger partial charge in [-0.2, -0.15) is 0 Å². The second-order valence-corrected chi connectivity index (χ2v) is 7.27. The van der Waals surface area contributed by atoms with Gasteiger partial charge in [-0.15, -0.1) is 0 Å². The van der Waals surface area contributed by atoms with E-state index in [1.165, 1.54) is 0 Å². The Bertz CT molecular complexity index is 920. The largest absolute Gasteiger partial charge is 0.457 e. The van der Waals surface area contributed by atoms with Crippen molar-refractivity contribution in [3.05, 3.63) is 72.6 Å². The molecule has 0 spiro atoms. The van der Waals surface area contributed by atoms with Crippen LogP contribution in [0.5, 0.6) is 11.5 Å². The lowest BCUT2D eigenvalue weighted by molar-refractivity contribution is 0.208. The number of nitrogens with one attached hydrogen (secondary N) is 1. The van der Waals surface area contributed by atoms with Crippen molar-refractivity contribution in [1.29, 1.82) is 0 Å². The van der Waals surface area contributed by atoms with E-state index in [0.29, 0.717) is 12.5 Å². The van der Waals surface area contributed by atoms with Crippen molar-refractivity contribution < 1.29 is 9.84 Å². The monoisotopic (exact) mass is 390 g/mol. The van der Waals surface area contributed by atoms with Gasteiger partial charge in [0, 0.05) is 37.9 Å². The highest BCUT2D eigenvalue weighted by Gasteiger charge is 2.20. The van der Waals surface area contributed by atoms with Crippen LogP contribution in [0.3, 0.4) is 0 Å². The predicted molar refractivity (Wildman–Crippen MR) is 114 cm³/mol. The van der Waals surface area contributed by atoms with Crippen molar-refractivity contribution in [2.24, 2.45) is 5.92 Å². The molecule has 2 aromatic carbocycles. The van der Waals surface area contributed by atoms with Gasteiger partial charge < -0.3 is 20.1 Å². The van der Waals surface area contributed by atoms with Gasteiger partial charge >= 0.3 is 0 Å². The Labute approximate surface area is 171 Å². The number of aromatic nitrogens is 2. The minimum atomic E-state index is 0.227. The summed E-state index contributed by atoms with van der Waals surface area (Å²) >= 11 is 0. The molecule has 0 bridgehead atoms. The standard InChI is InChI=1S/C23H26N4O2/c28-16-18-7-6-12-27(15-18)23-13-22(25-17-26-23)24-14-19-8-4-5-11-21(19)29-20-9-2-1-3-10-20/h1-5,8-11,13,17-18,28H,6-7,12,14-16H2,(H,24,25,26). The lowest BCUT2D eigenvalue weighted by Crippen LogP contribution is -2.37. The summed E-state index contributed by atoms with van der Waals surface area (Å²) < 4.78 is 6.04. The lowest BCUT2D eigenvalue weighted by atomic mass is 9.99. The van der Waals surface area contributed by atoms with Crippen molar-refractivity contribution in [2.75, 3.05) is 29.9 Å². The Morgan fingerprint density at radius 2 is 1.90 bits per heavy atom. The Hall–Kier alpha value is -3.12. The number of piperidine rings is 1. The van der Waals surface area contributed by atoms with Crippen LogP contribution in [0, 0.1) is 5.92 Å². The zero-order valence-electron chi connectivity index (χ0n) is 16.4. The van der Waals surface area contributed by atoms with Crippen molar-refractivity contribution >= 4 is 11.6 Å². The summed E-state index contributed by atoms with van der Waals surface area (Å²) in [5.74, 6) is 3.62. The summed E-state index contributed by atoms with van der Waals surface area (Å²) in [5.41, 5.74) is 1.05. The number of ether oxygens (including phenoxy) is 1. The molecular formula is C23H26N4O2. The molecule has 0 saturated carbocycles. The van der Waals surface area contributed by atoms with Crippen LogP contribution in [-0.4, -0.2) is 34.8 Å². The summed E-state index contributed by atoms with van der Waals surface area (Å²) in [6.45, 7) is 2.62. The quantitative estimate of drug-likeness (QED) is 0.633. The Morgan fingerprint density at radius 1 is 1.07 bits per heavy atom. The maximum atomic E-state index is 9.47. The molecule has 3 aromatic rings. The Balaban J connectivity index is 1.43. The summed E-state index contributed by atoms with van der Waals surface area (Å²) in [7, 11) is 0. The first kappa shape index (κ1) is 19.2. The molecule has 0 radical (unpaired) electrons. The Morgan fingerprint density at radius 3 is 2.76 bits per heavy atom. The van der Waals surface area contributed by atoms with Gasteiger partial charge in [0.2, 0.25) is 0 Å². The molecule has 1 fully saturated rings. The third-order valence-corrected chi connectivity index (χ3v) is 5.16. The van der Waals surface area contributed by atoms with Crippen LogP contribution < -0.4 is 15.0 Å². The number of aliphatic hydroxyl groups excluding tert-OH is 1. The highest BCUT2D eigenvalue weighted by molar-refractivity contribution is 5.50. The molecule has 1 aliphatic rings. The second-order valence-electron chi connectivity index (χ2n) is 7.27. The molecule has 6 heteroatoms. The van der Waals surface area contributed by atoms with E-state index < -0.39 is 0 Å². The van der Waals surface area contributed by atoms with Crippen molar-refractivity contribution in [1.82, 2.24) is 9.97 Å². The molecule has 29 heavy (non-hydrogen) atoms. The SMILES string of the molecule is OCC1CCCN(c2cc(NCc3ccccc3Oc3ccccc3)ncn2)C1. The Kier molecular flexibility index (Phi) is 6.22. The van der Waals surface area contributed by atoms with E-state index in [4.69, 9.17) is 4.74 Å². The van der Waals surface area contributed by atoms with Crippen LogP contribution in [0.25, 0.3) is 0 Å². The number of rotatable bonds is 7. The van der Waals surface area contributed by atoms with Crippen LogP contribution >= 0.6 is 0 Å². The summed E-state index contributed by atoms with van der Waals surface area (Å²) in [5, 5.41) is 12.9. The number of aliphatic hydroxyl groups is 1. The average molecular weight is 390 g/mol. The van der Waals surface area contributed by atoms with Crippen LogP contribution in [0.4, 0.5) is 11.6 Å². The third-order valence-electron chi connectivity index (χ3n) is 5.16. The maximum Gasteiger partial charge on any atom is 0.134 e. The van der Waals surface area contributed by atoms with Gasteiger partial charge in [0.25, 0.3) is 0 Å². The average Bonchev–Trinajstić information content (AvgIpc) is 2.79. The third kappa shape index (κ3) is 5.03. The summed E-state index contributed by atoms with van der Waals surface area (Å²) in [4.78, 5) is 11.0. The zero-order valence-corrected chi connectivity index (χ0v) is 16.4. The second kappa shape index (κ2) is 9.39. The lowest BCUT2D eigenvalue weighted by Gasteiger charge is -2.32. The van der Waals surface area contributed by atoms with E-state index >= 15 is 0 Å². The molecule has 150 valence electrons. The van der Waals surface area contributed by atoms with Gasteiger partial charge in [0.1, 0.15) is 29.5 Å². The van der Waals surface area contributed by atoms with E-state index in [0.717, 1.165) is 54.6 Å². The number of anilines is 2. The summed E-state index contributed by atoms with van der Waals surface area (Å²) in [6.07, 6.45) is 3.73. The van der Waals surface area contributed by atoms with Crippen molar-refractivity contribution in [2.45, 2.75) is 19.4 Å². The molecule has 1 aliphatic heterocycles. The van der Waals surface area contributed by atoms with Crippen LogP contribution in [0.1, 0.15) is 18.4 Å². The van der Waals surface area contributed by atoms with Gasteiger partial charge in [-0.1, -0.05) is 36.4 Å². The number of nitrogens with zero attached hydrogens (tertiary/aromatic N) is 3. The van der Waals surface area contributed by atoms with E-state index in [9.17, 15) is 5.11 Å². The fraction of sp³-hybridized carbons (Fsp3) is 0.304. The topological polar surface area (TPSA) is 70.5 Å². The van der Waals surface area contributed by atoms with E-state index in [1.807, 2.05) is 60.7 Å². The molecule has 0 amide bonds. The first-order valence-electron chi connectivity index (χ1n) is 10.0. The van der Waals surface area contributed by atoms with Gasteiger partial charge in [0.15, 0.2) is 0 Å². The first-order valence-corrected chi connectivity index (χ1v) is 10.0. The minimum Gasteiger partial charge on any atom is -0.457 e. The fourth-order valence-electron chi connectivity index (χ4n) is 3.59. The van der Waals surface area contributed by atoms with Gasteiger partial charge in [-0.25, -0.2) is 9.97 Å². The first-order chi connectivity index (χ1) is 14.3. The minimum absolute atomic E-state index is 0.227. The van der Waals surface area contributed by atoms with E-state index in [-0.39, 0.29) is 6.61 Å². The van der Waals surface area contributed by atoms with Crippen LogP contribution in [0.2, 0.25) is 0 Å². The predicted octanol–water partition coefficient (Wildman–Crippen LogP) is 4.09. The molecule has 1 saturated heterocycles. The molecule has 6 nitrogen and oxygen atoms in total. The van der Waals surface area contributed by atoms with Gasteiger partial charge in [-0.05, 0) is 37.0 Å². The fourth-order valence-corrected chi connectivity index (χ4v) is 3.59. The molecule has 0 aliphatic carbocycles. The number of benzene rings is 2. The highest BCUT2D eigenvalue weighted by atomic mass is 16.5. The number of hydrogen-bond donors (Lipinski definition) is 2. The van der Waals surface area contributed by atoms with Crippen LogP contribution in [0.15, 0.2) is 67.0 Å². The molecule has 4 rings (SSSR count). The zero-order chi connectivity index (χ0) is 19.9. The van der Waals surface area contributed by atoms with Gasteiger partial charge in [0.05, 0.1) is 0 Å². The van der Waals surface area contributed by atoms with Crippen LogP contribution in [-0.2, 0) is 6.54 Å². The van der Waals surface area contributed by atoms with Gasteiger partial charge in [-0.3, -0.25) is 0 Å². The number of para-hydroxylation sites is 2. The maximum absolute atomic E-state index is 9.47. The molecule has 1 aromatic heterocycles. The van der Waals surface area contributed by atoms with Crippen molar-refractivity contribution in [3.8, 4) is 11.5 Å². The summed E-state index contributed by atoms with van der Waals surface area (Å²) in [6, 6.07) is 19.7. The molecule has 1 atom stereocenters. The van der Waals surface area contributed by atoms with Crippen molar-refractivity contribution in [3.63, 3.8) is 0 Å². The van der Waals surface area contributed by atoms with E-state index in [1.54, 1.807) is 6.33 Å². The number of hydrogen-bond acceptors (Lipinski definition) is 6. The molecule has 2 heterocycles. The highest BCUT2D eigenvalue weighted by Crippen LogP contribution is 2.26.